The number of ketones is 1. The molecule has 0 aromatic rings. The standard InChI is InChI=1S/C11H19ClO/c1-8(2)11(12)5-4-9(3)6-10(13)7-11/h8-9H,4-7H2,1-3H3/t9-,11?/m1/s1. The highest BCUT2D eigenvalue weighted by molar-refractivity contribution is 6.25. The predicted molar refractivity (Wildman–Crippen MR) is 56.1 cm³/mol. The molecule has 0 radical (unpaired) electrons. The van der Waals surface area contributed by atoms with Crippen LogP contribution in [0.15, 0.2) is 0 Å². The Morgan fingerprint density at radius 1 is 1.54 bits per heavy atom. The maximum Gasteiger partial charge on any atom is 0.134 e. The fourth-order valence-electron chi connectivity index (χ4n) is 1.96. The van der Waals surface area contributed by atoms with Gasteiger partial charge in [0.05, 0.1) is 4.87 Å². The Labute approximate surface area is 85.8 Å². The maximum atomic E-state index is 11.5. The van der Waals surface area contributed by atoms with Gasteiger partial charge in [0, 0.05) is 12.8 Å². The Morgan fingerprint density at radius 3 is 2.69 bits per heavy atom. The Balaban J connectivity index is 2.72. The highest BCUT2D eigenvalue weighted by Gasteiger charge is 2.36. The van der Waals surface area contributed by atoms with Crippen molar-refractivity contribution in [2.45, 2.75) is 51.3 Å². The molecule has 1 rings (SSSR count). The van der Waals surface area contributed by atoms with Crippen LogP contribution in [-0.2, 0) is 4.79 Å². The SMILES string of the molecule is CC(C)C1(Cl)CC[C@@H](C)CC(=O)C1. The Hall–Kier alpha value is -0.0400. The molecule has 1 aliphatic carbocycles. The number of carbonyl (C=O) groups excluding carboxylic acids is 1. The number of halogens is 1. The first-order valence-electron chi connectivity index (χ1n) is 5.14. The van der Waals surface area contributed by atoms with Gasteiger partial charge in [0.2, 0.25) is 0 Å². The lowest BCUT2D eigenvalue weighted by Gasteiger charge is -2.29. The van der Waals surface area contributed by atoms with Crippen molar-refractivity contribution in [1.82, 2.24) is 0 Å². The second-order valence-electron chi connectivity index (χ2n) is 4.75. The van der Waals surface area contributed by atoms with Gasteiger partial charge < -0.3 is 0 Å². The summed E-state index contributed by atoms with van der Waals surface area (Å²) in [4.78, 5) is 11.3. The molecule has 0 saturated heterocycles. The highest BCUT2D eigenvalue weighted by atomic mass is 35.5. The van der Waals surface area contributed by atoms with Crippen molar-refractivity contribution in [2.24, 2.45) is 11.8 Å². The van der Waals surface area contributed by atoms with Crippen molar-refractivity contribution in [3.8, 4) is 0 Å². The van der Waals surface area contributed by atoms with E-state index >= 15 is 0 Å². The van der Waals surface area contributed by atoms with Gasteiger partial charge in [0.25, 0.3) is 0 Å². The number of hydrogen-bond donors (Lipinski definition) is 0. The fourth-order valence-corrected chi connectivity index (χ4v) is 2.22. The number of Topliss-reactive ketones (excluding diaryl/α,β-unsaturated/α-hetero) is 1. The van der Waals surface area contributed by atoms with Crippen LogP contribution in [0.25, 0.3) is 0 Å². The van der Waals surface area contributed by atoms with Crippen molar-refractivity contribution in [3.05, 3.63) is 0 Å². The van der Waals surface area contributed by atoms with Gasteiger partial charge in [0.15, 0.2) is 0 Å². The van der Waals surface area contributed by atoms with E-state index < -0.39 is 0 Å². The third-order valence-corrected chi connectivity index (χ3v) is 3.91. The zero-order valence-corrected chi connectivity index (χ0v) is 9.53. The van der Waals surface area contributed by atoms with Gasteiger partial charge in [-0.3, -0.25) is 4.79 Å². The van der Waals surface area contributed by atoms with Crippen LogP contribution in [0.4, 0.5) is 0 Å². The van der Waals surface area contributed by atoms with Crippen LogP contribution >= 0.6 is 11.6 Å². The van der Waals surface area contributed by atoms with Crippen LogP contribution < -0.4 is 0 Å². The molecular formula is C11H19ClO. The predicted octanol–water partition coefficient (Wildman–Crippen LogP) is 3.40. The first-order chi connectivity index (χ1) is 5.94. The minimum Gasteiger partial charge on any atom is -0.300 e. The smallest absolute Gasteiger partial charge is 0.134 e. The van der Waals surface area contributed by atoms with E-state index in [1.807, 2.05) is 0 Å². The molecule has 0 spiro atoms. The third kappa shape index (κ3) is 2.70. The molecule has 0 aliphatic heterocycles. The summed E-state index contributed by atoms with van der Waals surface area (Å²) < 4.78 is 0. The monoisotopic (exact) mass is 202 g/mol. The number of hydrogen-bond acceptors (Lipinski definition) is 1. The molecule has 1 nitrogen and oxygen atoms in total. The van der Waals surface area contributed by atoms with Gasteiger partial charge >= 0.3 is 0 Å². The van der Waals surface area contributed by atoms with Crippen molar-refractivity contribution >= 4 is 17.4 Å². The van der Waals surface area contributed by atoms with Gasteiger partial charge in [-0.2, -0.15) is 0 Å². The van der Waals surface area contributed by atoms with Gasteiger partial charge in [-0.1, -0.05) is 20.8 Å². The lowest BCUT2D eigenvalue weighted by molar-refractivity contribution is -0.120. The van der Waals surface area contributed by atoms with Gasteiger partial charge in [0.1, 0.15) is 5.78 Å². The topological polar surface area (TPSA) is 17.1 Å². The van der Waals surface area contributed by atoms with E-state index in [9.17, 15) is 4.79 Å². The second-order valence-corrected chi connectivity index (χ2v) is 5.51. The first-order valence-corrected chi connectivity index (χ1v) is 5.52. The minimum absolute atomic E-state index is 0.262. The van der Waals surface area contributed by atoms with Crippen LogP contribution in [0.3, 0.4) is 0 Å². The first kappa shape index (κ1) is 11.0. The van der Waals surface area contributed by atoms with E-state index in [4.69, 9.17) is 11.6 Å². The number of alkyl halides is 1. The molecule has 0 N–H and O–H groups in total. The van der Waals surface area contributed by atoms with Gasteiger partial charge in [-0.15, -0.1) is 11.6 Å². The van der Waals surface area contributed by atoms with Crippen LogP contribution in [0.2, 0.25) is 0 Å². The summed E-state index contributed by atoms with van der Waals surface area (Å²) in [5.41, 5.74) is 0. The summed E-state index contributed by atoms with van der Waals surface area (Å²) in [6.45, 7) is 6.35. The molecule has 1 fully saturated rings. The molecule has 1 unspecified atom stereocenters. The highest BCUT2D eigenvalue weighted by Crippen LogP contribution is 2.39. The number of carbonyl (C=O) groups is 1. The Bertz CT molecular complexity index is 200. The molecular weight excluding hydrogens is 184 g/mol. The van der Waals surface area contributed by atoms with Crippen molar-refractivity contribution in [2.75, 3.05) is 0 Å². The van der Waals surface area contributed by atoms with Crippen LogP contribution in [0.1, 0.15) is 46.5 Å². The van der Waals surface area contributed by atoms with E-state index in [0.29, 0.717) is 24.0 Å². The summed E-state index contributed by atoms with van der Waals surface area (Å²) in [6.07, 6.45) is 3.37. The maximum absolute atomic E-state index is 11.5. The summed E-state index contributed by atoms with van der Waals surface area (Å²) in [5.74, 6) is 1.25. The van der Waals surface area contributed by atoms with E-state index in [-0.39, 0.29) is 4.87 Å². The quantitative estimate of drug-likeness (QED) is 0.471. The normalized spacial score (nSPS) is 36.4. The largest absolute Gasteiger partial charge is 0.300 e. The average molecular weight is 203 g/mol. The molecule has 13 heavy (non-hydrogen) atoms. The summed E-state index contributed by atoms with van der Waals surface area (Å²) in [6, 6.07) is 0. The molecule has 2 heteroatoms. The van der Waals surface area contributed by atoms with E-state index in [0.717, 1.165) is 19.3 Å². The Morgan fingerprint density at radius 2 is 2.15 bits per heavy atom. The van der Waals surface area contributed by atoms with E-state index in [2.05, 4.69) is 20.8 Å². The summed E-state index contributed by atoms with van der Waals surface area (Å²) in [7, 11) is 0. The van der Waals surface area contributed by atoms with Crippen molar-refractivity contribution in [3.63, 3.8) is 0 Å². The van der Waals surface area contributed by atoms with Crippen LogP contribution in [0.5, 0.6) is 0 Å². The van der Waals surface area contributed by atoms with E-state index in [1.165, 1.54) is 0 Å². The summed E-state index contributed by atoms with van der Waals surface area (Å²) >= 11 is 6.45. The van der Waals surface area contributed by atoms with Crippen LogP contribution in [-0.4, -0.2) is 10.7 Å². The molecule has 0 amide bonds. The molecule has 2 atom stereocenters. The Kier molecular flexibility index (Phi) is 3.39. The molecule has 0 bridgehead atoms. The van der Waals surface area contributed by atoms with Gasteiger partial charge in [-0.05, 0) is 24.7 Å². The van der Waals surface area contributed by atoms with E-state index in [1.54, 1.807) is 0 Å². The minimum atomic E-state index is -0.262. The molecule has 76 valence electrons. The third-order valence-electron chi connectivity index (χ3n) is 3.15. The van der Waals surface area contributed by atoms with Crippen LogP contribution in [0, 0.1) is 11.8 Å². The molecule has 0 aromatic heterocycles. The molecule has 0 heterocycles. The zero-order chi connectivity index (χ0) is 10.1. The van der Waals surface area contributed by atoms with Crippen molar-refractivity contribution in [1.29, 1.82) is 0 Å². The molecule has 1 aliphatic rings. The lowest BCUT2D eigenvalue weighted by Crippen LogP contribution is -2.29. The number of rotatable bonds is 1. The van der Waals surface area contributed by atoms with Crippen molar-refractivity contribution < 1.29 is 4.79 Å². The lowest BCUT2D eigenvalue weighted by atomic mass is 9.87. The molecule has 1 saturated carbocycles. The summed E-state index contributed by atoms with van der Waals surface area (Å²) in [5, 5.41) is 0. The zero-order valence-electron chi connectivity index (χ0n) is 8.77. The molecule has 0 aromatic carbocycles. The average Bonchev–Trinajstić information content (AvgIpc) is 2.11. The fraction of sp³-hybridized carbons (Fsp3) is 0.909. The second kappa shape index (κ2) is 4.00. The van der Waals surface area contributed by atoms with Gasteiger partial charge in [-0.25, -0.2) is 0 Å².